The highest BCUT2D eigenvalue weighted by Gasteiger charge is 2.37. The second-order valence-electron chi connectivity index (χ2n) is 11.3. The van der Waals surface area contributed by atoms with Gasteiger partial charge in [0.15, 0.2) is 0 Å². The number of rotatable bonds is 6. The van der Waals surface area contributed by atoms with E-state index in [2.05, 4.69) is 15.3 Å². The fourth-order valence-corrected chi connectivity index (χ4v) is 5.49. The minimum Gasteiger partial charge on any atom is -0.462 e. The molecule has 0 saturated heterocycles. The van der Waals surface area contributed by atoms with Crippen LogP contribution < -0.4 is 10.2 Å². The Bertz CT molecular complexity index is 1710. The predicted octanol–water partition coefficient (Wildman–Crippen LogP) is 6.49. The van der Waals surface area contributed by atoms with Gasteiger partial charge < -0.3 is 19.9 Å². The van der Waals surface area contributed by atoms with Crippen molar-refractivity contribution in [3.63, 3.8) is 0 Å². The lowest BCUT2D eigenvalue weighted by molar-refractivity contribution is -0.136. The molecule has 0 bridgehead atoms. The number of urea groups is 1. The van der Waals surface area contributed by atoms with E-state index in [1.54, 1.807) is 36.2 Å². The maximum atomic E-state index is 13.5. The number of nitrogens with zero attached hydrogens (tertiary/aromatic N) is 3. The number of nitrogens with one attached hydrogen (secondary N) is 2. The number of aromatic nitrogens is 2. The molecule has 0 atom stereocenters. The average molecular weight is 584 g/mol. The predicted molar refractivity (Wildman–Crippen MR) is 164 cm³/mol. The Morgan fingerprint density at radius 1 is 1.12 bits per heavy atom. The fraction of sp³-hybridized carbons (Fsp3) is 0.273. The molecule has 222 valence electrons. The second kappa shape index (κ2) is 11.7. The maximum Gasteiger partial charge on any atom is 0.341 e. The minimum atomic E-state index is -0.619. The standard InChI is InChI=1S/C33H34FN5O4/c1-6-43-31(41)25-18-38(30(40)21-10-12-22(34)13-11-21)19-33(4,5)28-24-15-14-23(17-26(24)37-29(25)28)36-32(42)39(20(2)3)27-9-7-8-16-35-27/h7-18,20,37H,6,19H2,1-5H3,(H,36,42). The van der Waals surface area contributed by atoms with Gasteiger partial charge in [0.1, 0.15) is 11.6 Å². The van der Waals surface area contributed by atoms with Gasteiger partial charge in [-0.25, -0.2) is 19.0 Å². The molecule has 0 aliphatic carbocycles. The van der Waals surface area contributed by atoms with Crippen LogP contribution in [0.25, 0.3) is 16.5 Å². The fourth-order valence-electron chi connectivity index (χ4n) is 5.49. The van der Waals surface area contributed by atoms with Gasteiger partial charge in [0.05, 0.1) is 17.9 Å². The summed E-state index contributed by atoms with van der Waals surface area (Å²) in [7, 11) is 0. The van der Waals surface area contributed by atoms with Gasteiger partial charge in [-0.2, -0.15) is 0 Å². The summed E-state index contributed by atoms with van der Waals surface area (Å²) in [6.07, 6.45) is 3.14. The molecule has 1 aliphatic heterocycles. The van der Waals surface area contributed by atoms with Crippen molar-refractivity contribution < 1.29 is 23.5 Å². The van der Waals surface area contributed by atoms with Crippen molar-refractivity contribution in [1.29, 1.82) is 0 Å². The Hall–Kier alpha value is -4.99. The molecule has 4 aromatic rings. The van der Waals surface area contributed by atoms with Crippen LogP contribution in [-0.4, -0.2) is 52.0 Å². The molecule has 3 amide bonds. The molecular weight excluding hydrogens is 549 g/mol. The number of ether oxygens (including phenoxy) is 1. The van der Waals surface area contributed by atoms with Crippen molar-refractivity contribution >= 4 is 45.9 Å². The van der Waals surface area contributed by atoms with Crippen LogP contribution in [0, 0.1) is 5.82 Å². The lowest BCUT2D eigenvalue weighted by Crippen LogP contribution is -2.40. The number of benzene rings is 2. The molecule has 43 heavy (non-hydrogen) atoms. The smallest absolute Gasteiger partial charge is 0.341 e. The first-order valence-corrected chi connectivity index (χ1v) is 14.1. The monoisotopic (exact) mass is 583 g/mol. The van der Waals surface area contributed by atoms with E-state index in [0.29, 0.717) is 28.3 Å². The number of carbonyl (C=O) groups is 3. The van der Waals surface area contributed by atoms with Crippen molar-refractivity contribution in [3.8, 4) is 0 Å². The van der Waals surface area contributed by atoms with Crippen LogP contribution in [0.1, 0.15) is 56.2 Å². The number of fused-ring (bicyclic) bond motifs is 3. The summed E-state index contributed by atoms with van der Waals surface area (Å²) in [6, 6.07) is 15.8. The third-order valence-corrected chi connectivity index (χ3v) is 7.33. The molecule has 2 aromatic carbocycles. The first-order valence-electron chi connectivity index (χ1n) is 14.1. The largest absolute Gasteiger partial charge is 0.462 e. The zero-order chi connectivity index (χ0) is 30.9. The number of aromatic amines is 1. The highest BCUT2D eigenvalue weighted by atomic mass is 19.1. The van der Waals surface area contributed by atoms with E-state index in [1.165, 1.54) is 35.4 Å². The van der Waals surface area contributed by atoms with Crippen molar-refractivity contribution in [1.82, 2.24) is 14.9 Å². The molecule has 0 radical (unpaired) electrons. The Balaban J connectivity index is 1.55. The van der Waals surface area contributed by atoms with E-state index >= 15 is 0 Å². The Kier molecular flexibility index (Phi) is 8.04. The summed E-state index contributed by atoms with van der Waals surface area (Å²) < 4.78 is 18.9. The number of carbonyl (C=O) groups excluding carboxylic acids is 3. The Morgan fingerprint density at radius 3 is 2.51 bits per heavy atom. The van der Waals surface area contributed by atoms with Crippen LogP contribution in [0.4, 0.5) is 20.7 Å². The number of hydrogen-bond donors (Lipinski definition) is 2. The van der Waals surface area contributed by atoms with E-state index in [-0.39, 0.29) is 36.7 Å². The van der Waals surface area contributed by atoms with E-state index in [0.717, 1.165) is 10.9 Å². The minimum absolute atomic E-state index is 0.140. The van der Waals surface area contributed by atoms with Crippen molar-refractivity contribution in [3.05, 3.63) is 95.7 Å². The lowest BCUT2D eigenvalue weighted by atomic mass is 9.81. The lowest BCUT2D eigenvalue weighted by Gasteiger charge is -2.29. The van der Waals surface area contributed by atoms with Gasteiger partial charge in [-0.05, 0) is 74.9 Å². The molecule has 2 N–H and O–H groups in total. The molecular formula is C33H34FN5O4. The number of amides is 3. The highest BCUT2D eigenvalue weighted by Crippen LogP contribution is 2.41. The van der Waals surface area contributed by atoms with Crippen molar-refractivity contribution in [2.45, 2.75) is 46.1 Å². The Morgan fingerprint density at radius 2 is 1.86 bits per heavy atom. The summed E-state index contributed by atoms with van der Waals surface area (Å²) in [5.41, 5.74) is 2.52. The molecule has 10 heteroatoms. The van der Waals surface area contributed by atoms with Gasteiger partial charge in [-0.15, -0.1) is 0 Å². The molecule has 0 fully saturated rings. The first-order chi connectivity index (χ1) is 20.5. The molecule has 1 aliphatic rings. The molecule has 3 heterocycles. The third kappa shape index (κ3) is 5.86. The summed E-state index contributed by atoms with van der Waals surface area (Å²) in [6.45, 7) is 9.93. The topological polar surface area (TPSA) is 108 Å². The van der Waals surface area contributed by atoms with E-state index in [1.807, 2.05) is 45.9 Å². The third-order valence-electron chi connectivity index (χ3n) is 7.33. The van der Waals surface area contributed by atoms with E-state index in [4.69, 9.17) is 4.74 Å². The number of pyridine rings is 1. The average Bonchev–Trinajstić information content (AvgIpc) is 3.30. The molecule has 0 saturated carbocycles. The number of esters is 1. The molecule has 9 nitrogen and oxygen atoms in total. The van der Waals surface area contributed by atoms with Gasteiger partial charge in [-0.3, -0.25) is 9.69 Å². The number of hydrogen-bond acceptors (Lipinski definition) is 5. The molecule has 2 aromatic heterocycles. The van der Waals surface area contributed by atoms with E-state index < -0.39 is 17.2 Å². The van der Waals surface area contributed by atoms with Crippen molar-refractivity contribution in [2.24, 2.45) is 0 Å². The quantitative estimate of drug-likeness (QED) is 0.253. The summed E-state index contributed by atoms with van der Waals surface area (Å²) in [5.74, 6) is -0.854. The van der Waals surface area contributed by atoms with Crippen LogP contribution in [0.3, 0.4) is 0 Å². The second-order valence-corrected chi connectivity index (χ2v) is 11.3. The summed E-state index contributed by atoms with van der Waals surface area (Å²) in [4.78, 5) is 50.9. The SMILES string of the molecule is CCOC(=O)C1=CN(C(=O)c2ccc(F)cc2)CC(C)(C)c2c1[nH]c1cc(NC(=O)N(c3ccccn3)C(C)C)ccc21. The van der Waals surface area contributed by atoms with Crippen molar-refractivity contribution in [2.75, 3.05) is 23.4 Å². The highest BCUT2D eigenvalue weighted by molar-refractivity contribution is 6.18. The van der Waals surface area contributed by atoms with Gasteiger partial charge in [0, 0.05) is 52.6 Å². The van der Waals surface area contributed by atoms with Gasteiger partial charge in [0.25, 0.3) is 5.91 Å². The molecule has 0 unspecified atom stereocenters. The summed E-state index contributed by atoms with van der Waals surface area (Å²) >= 11 is 0. The zero-order valence-electron chi connectivity index (χ0n) is 24.8. The zero-order valence-corrected chi connectivity index (χ0v) is 24.8. The number of halogens is 1. The Labute approximate surface area is 249 Å². The normalized spacial score (nSPS) is 14.1. The molecule has 5 rings (SSSR count). The van der Waals surface area contributed by atoms with Gasteiger partial charge >= 0.3 is 12.0 Å². The van der Waals surface area contributed by atoms with Crippen LogP contribution >= 0.6 is 0 Å². The first kappa shape index (κ1) is 29.5. The van der Waals surface area contributed by atoms with Crippen LogP contribution in [-0.2, 0) is 14.9 Å². The van der Waals surface area contributed by atoms with Gasteiger partial charge in [0.2, 0.25) is 0 Å². The van der Waals surface area contributed by atoms with Crippen LogP contribution in [0.15, 0.2) is 73.1 Å². The van der Waals surface area contributed by atoms with E-state index in [9.17, 15) is 18.8 Å². The van der Waals surface area contributed by atoms with Gasteiger partial charge in [-0.1, -0.05) is 26.0 Å². The summed E-state index contributed by atoms with van der Waals surface area (Å²) in [5, 5.41) is 3.81. The van der Waals surface area contributed by atoms with Crippen LogP contribution in [0.2, 0.25) is 0 Å². The number of anilines is 2. The molecule has 0 spiro atoms. The number of H-pyrrole nitrogens is 1. The van der Waals surface area contributed by atoms with Crippen LogP contribution in [0.5, 0.6) is 0 Å². The maximum absolute atomic E-state index is 13.5.